The quantitative estimate of drug-likeness (QED) is 0.182. The summed E-state index contributed by atoms with van der Waals surface area (Å²) in [5.74, 6) is -2.88. The second-order valence-electron chi connectivity index (χ2n) is 15.7. The Kier molecular flexibility index (Phi) is 12.6. The number of carbonyl (C=O) groups excluding carboxylic acids is 3. The minimum Gasteiger partial charge on any atom is -0.488 e. The number of fused-ring (bicyclic) bond motifs is 3. The number of nitrogens with zero attached hydrogens (tertiary/aromatic N) is 2. The van der Waals surface area contributed by atoms with Gasteiger partial charge in [0.25, 0.3) is 0 Å². The van der Waals surface area contributed by atoms with Crippen molar-refractivity contribution in [2.24, 2.45) is 5.92 Å². The van der Waals surface area contributed by atoms with E-state index in [2.05, 4.69) is 15.6 Å². The van der Waals surface area contributed by atoms with E-state index in [1.54, 1.807) is 24.3 Å². The zero-order valence-electron chi connectivity index (χ0n) is 32.0. The number of halogens is 3. The fourth-order valence-electron chi connectivity index (χ4n) is 8.76. The highest BCUT2D eigenvalue weighted by Crippen LogP contribution is 2.71. The summed E-state index contributed by atoms with van der Waals surface area (Å²) in [6.07, 6.45) is 5.63. The fraction of sp³-hybridized carbons (Fsp3) is 0.561. The lowest BCUT2D eigenvalue weighted by molar-refractivity contribution is -0.140. The van der Waals surface area contributed by atoms with E-state index in [0.717, 1.165) is 57.1 Å². The normalized spacial score (nSPS) is 27.0. The number of alkyl carbamates (subject to hydrolysis) is 1. The smallest absolute Gasteiger partial charge is 0.408 e. The molecule has 2 saturated heterocycles. The molecule has 7 rings (SSSR count). The molecule has 2 unspecified atom stereocenters. The summed E-state index contributed by atoms with van der Waals surface area (Å²) in [7, 11) is -4.52. The predicted molar refractivity (Wildman–Crippen MR) is 209 cm³/mol. The molecule has 1 aromatic heterocycles. The van der Waals surface area contributed by atoms with Crippen LogP contribution in [0.5, 0.6) is 11.6 Å². The van der Waals surface area contributed by atoms with Crippen molar-refractivity contribution in [3.8, 4) is 11.6 Å². The molecule has 3 aromatic rings. The largest absolute Gasteiger partial charge is 0.488 e. The van der Waals surface area contributed by atoms with Crippen LogP contribution in [-0.4, -0.2) is 75.4 Å². The Morgan fingerprint density at radius 3 is 2.44 bits per heavy atom. The van der Waals surface area contributed by atoms with E-state index >= 15 is 0 Å². The number of pyridine rings is 1. The Bertz CT molecular complexity index is 2020. The number of aromatic nitrogens is 1. The molecule has 308 valence electrons. The maximum atomic E-state index is 14.8. The molecule has 3 amide bonds. The van der Waals surface area contributed by atoms with E-state index in [9.17, 15) is 32.6 Å². The summed E-state index contributed by atoms with van der Waals surface area (Å²) in [5.41, 5.74) is -0.0762. The highest BCUT2D eigenvalue weighted by atomic mass is 35.5. The number of nitrogens with one attached hydrogen (secondary N) is 2. The molecule has 2 aliphatic heterocycles. The Morgan fingerprint density at radius 2 is 1.70 bits per heavy atom. The van der Waals surface area contributed by atoms with E-state index in [1.165, 1.54) is 11.0 Å². The van der Waals surface area contributed by atoms with Crippen LogP contribution in [0.25, 0.3) is 10.9 Å². The number of benzene rings is 2. The number of hydrogen-bond acceptors (Lipinski definition) is 8. The average Bonchev–Trinajstić information content (AvgIpc) is 3.43. The molecule has 16 heteroatoms. The summed E-state index contributed by atoms with van der Waals surface area (Å²) < 4.78 is 62.0. The van der Waals surface area contributed by atoms with Crippen molar-refractivity contribution in [1.29, 1.82) is 0 Å². The molecular formula is C41H50ClF2N4O8P. The van der Waals surface area contributed by atoms with Crippen LogP contribution in [0.4, 0.5) is 13.6 Å². The van der Waals surface area contributed by atoms with Crippen LogP contribution >= 0.6 is 19.0 Å². The molecule has 2 aliphatic carbocycles. The van der Waals surface area contributed by atoms with Crippen molar-refractivity contribution in [2.75, 3.05) is 13.2 Å². The van der Waals surface area contributed by atoms with E-state index in [0.29, 0.717) is 54.0 Å². The number of amides is 3. The van der Waals surface area contributed by atoms with Crippen LogP contribution in [-0.2, 0) is 25.1 Å². The number of ether oxygens (including phenoxy) is 3. The van der Waals surface area contributed by atoms with Gasteiger partial charge in [0.2, 0.25) is 25.1 Å². The molecular weight excluding hydrogens is 781 g/mol. The van der Waals surface area contributed by atoms with Gasteiger partial charge in [-0.3, -0.25) is 14.2 Å². The van der Waals surface area contributed by atoms with Gasteiger partial charge in [0.1, 0.15) is 47.0 Å². The lowest BCUT2D eigenvalue weighted by Crippen LogP contribution is -2.55. The van der Waals surface area contributed by atoms with Crippen LogP contribution in [0.3, 0.4) is 0 Å². The van der Waals surface area contributed by atoms with Gasteiger partial charge in [0.15, 0.2) is 0 Å². The Hall–Kier alpha value is -4.00. The summed E-state index contributed by atoms with van der Waals surface area (Å²) in [5, 5.41) is 4.98. The topological polar surface area (TPSA) is 156 Å². The Morgan fingerprint density at radius 1 is 1.02 bits per heavy atom. The molecule has 4 fully saturated rings. The number of para-hydroxylation sites is 1. The first-order valence-corrected chi connectivity index (χ1v) is 22.3. The maximum Gasteiger partial charge on any atom is 0.408 e. The molecule has 12 nitrogen and oxygen atoms in total. The second kappa shape index (κ2) is 17.5. The minimum atomic E-state index is -4.52. The van der Waals surface area contributed by atoms with E-state index in [-0.39, 0.29) is 31.4 Å². The molecule has 4 aliphatic rings. The lowest BCUT2D eigenvalue weighted by atomic mass is 10.0. The monoisotopic (exact) mass is 830 g/mol. The van der Waals surface area contributed by atoms with Crippen molar-refractivity contribution < 1.29 is 46.8 Å². The summed E-state index contributed by atoms with van der Waals surface area (Å²) in [4.78, 5) is 60.0. The molecule has 3 heterocycles. The zero-order chi connectivity index (χ0) is 40.3. The average molecular weight is 831 g/mol. The molecule has 2 aromatic carbocycles. The third-order valence-electron chi connectivity index (χ3n) is 11.8. The molecule has 0 radical (unpaired) electrons. The van der Waals surface area contributed by atoms with Gasteiger partial charge in [-0.15, -0.1) is 0 Å². The third-order valence-corrected chi connectivity index (χ3v) is 14.8. The van der Waals surface area contributed by atoms with Crippen molar-refractivity contribution in [3.05, 3.63) is 64.7 Å². The van der Waals surface area contributed by atoms with Gasteiger partial charge in [-0.1, -0.05) is 55.8 Å². The van der Waals surface area contributed by atoms with Gasteiger partial charge in [-0.2, -0.15) is 0 Å². The first-order chi connectivity index (χ1) is 27.4. The van der Waals surface area contributed by atoms with Crippen LogP contribution in [0.1, 0.15) is 96.0 Å². The third kappa shape index (κ3) is 9.03. The second-order valence-corrected chi connectivity index (χ2v) is 18.7. The van der Waals surface area contributed by atoms with Gasteiger partial charge in [0, 0.05) is 23.4 Å². The van der Waals surface area contributed by atoms with Crippen molar-refractivity contribution in [1.82, 2.24) is 20.5 Å². The highest BCUT2D eigenvalue weighted by Gasteiger charge is 2.66. The molecule has 0 bridgehead atoms. The predicted octanol–water partition coefficient (Wildman–Crippen LogP) is 8.00. The summed E-state index contributed by atoms with van der Waals surface area (Å²) in [6.45, 7) is 2.08. The minimum absolute atomic E-state index is 0.0103. The highest BCUT2D eigenvalue weighted by molar-refractivity contribution is 7.59. The zero-order valence-corrected chi connectivity index (χ0v) is 33.7. The molecule has 2 saturated carbocycles. The van der Waals surface area contributed by atoms with Crippen LogP contribution < -0.4 is 20.1 Å². The van der Waals surface area contributed by atoms with Crippen molar-refractivity contribution in [2.45, 2.75) is 126 Å². The van der Waals surface area contributed by atoms with Gasteiger partial charge >= 0.3 is 6.09 Å². The van der Waals surface area contributed by atoms with Crippen molar-refractivity contribution >= 4 is 47.8 Å². The summed E-state index contributed by atoms with van der Waals surface area (Å²) >= 11 is 6.52. The van der Waals surface area contributed by atoms with E-state index in [4.69, 9.17) is 25.8 Å². The summed E-state index contributed by atoms with van der Waals surface area (Å²) in [6, 6.07) is 7.90. The van der Waals surface area contributed by atoms with Gasteiger partial charge in [0.05, 0.1) is 29.9 Å². The Labute approximate surface area is 335 Å². The van der Waals surface area contributed by atoms with Gasteiger partial charge in [-0.25, -0.2) is 18.6 Å². The van der Waals surface area contributed by atoms with Crippen molar-refractivity contribution in [3.63, 3.8) is 0 Å². The number of rotatable bonds is 9. The molecule has 57 heavy (non-hydrogen) atoms. The molecule has 0 spiro atoms. The van der Waals surface area contributed by atoms with Gasteiger partial charge < -0.3 is 34.6 Å². The molecule has 3 N–H and O–H groups in total. The van der Waals surface area contributed by atoms with E-state index in [1.807, 2.05) is 6.92 Å². The SMILES string of the molecule is CCOc1cc(OC2C[C@H]3C(=O)N[C@]4(P(=O)(O)Cc5c(F)cccc5F)C[C@@H]4CCCCCCC[C@H](NC(=O)OC4CCCC4)C(=O)N3C2)c2cccc(Cl)c2n1. The first kappa shape index (κ1) is 41.2. The fourth-order valence-corrected chi connectivity index (χ4v) is 11.5. The number of hydrogen-bond donors (Lipinski definition) is 3. The van der Waals surface area contributed by atoms with Crippen LogP contribution in [0.2, 0.25) is 5.02 Å². The van der Waals surface area contributed by atoms with Gasteiger partial charge in [-0.05, 0) is 82.1 Å². The Balaban J connectivity index is 1.21. The van der Waals surface area contributed by atoms with E-state index < -0.39 is 78.0 Å². The first-order valence-electron chi connectivity index (χ1n) is 20.1. The van der Waals surface area contributed by atoms with Crippen LogP contribution in [0.15, 0.2) is 42.5 Å². The number of carbonyl (C=O) groups is 3. The maximum absolute atomic E-state index is 14.8. The standard InChI is InChI=1S/C41H50ClF2N4O8P/c1-2-54-36-21-35(28-15-10-16-30(42)37(28)46-36)55-27-20-34-38(49)47-41(57(52,53)24-29-31(43)17-11-18-32(29)44)22-25(41)12-6-4-3-5-7-19-33(39(50)48(34)23-27)45-40(51)56-26-13-8-9-14-26/h10-11,15-18,21,25-27,33-34H,2-9,12-14,19-20,22-24H2,1H3,(H,45,51)(H,47,49)(H,52,53)/t25-,27?,33-,34-,41-/m0/s1. The molecule has 6 atom stereocenters. The lowest BCUT2D eigenvalue weighted by Gasteiger charge is -2.31. The van der Waals surface area contributed by atoms with Crippen LogP contribution in [0, 0.1) is 17.6 Å².